The molecule has 4 N–H and O–H groups in total. The van der Waals surface area contributed by atoms with E-state index in [-0.39, 0.29) is 23.1 Å². The summed E-state index contributed by atoms with van der Waals surface area (Å²) in [6, 6.07) is 0. The Balaban J connectivity index is 1.62. The largest absolute Gasteiger partial charge is 0.354 e. The minimum absolute atomic E-state index is 0.0135. The van der Waals surface area contributed by atoms with Crippen molar-refractivity contribution in [2.75, 3.05) is 19.6 Å². The third kappa shape index (κ3) is 4.47. The fraction of sp³-hybridized carbons (Fsp3) is 0.867. The first-order valence-electron chi connectivity index (χ1n) is 7.90. The number of rotatable bonds is 7. The zero-order valence-electron chi connectivity index (χ0n) is 12.2. The van der Waals surface area contributed by atoms with E-state index in [1.54, 1.807) is 0 Å². The number of amides is 2. The highest BCUT2D eigenvalue weighted by molar-refractivity contribution is 5.81. The molecule has 2 amide bonds. The second-order valence-corrected chi connectivity index (χ2v) is 6.36. The molecule has 2 fully saturated rings. The van der Waals surface area contributed by atoms with Crippen molar-refractivity contribution in [3.63, 3.8) is 0 Å². The SMILES string of the molecule is NCC1(CC(=O)NCCNC(=O)C2CC2)CCCCC1. The number of carbonyl (C=O) groups excluding carboxylic acids is 2. The number of nitrogens with two attached hydrogens (primary N) is 1. The number of hydrogen-bond acceptors (Lipinski definition) is 3. The van der Waals surface area contributed by atoms with Gasteiger partial charge in [0, 0.05) is 25.4 Å². The second kappa shape index (κ2) is 7.07. The smallest absolute Gasteiger partial charge is 0.223 e. The van der Waals surface area contributed by atoms with Crippen LogP contribution in [0.4, 0.5) is 0 Å². The van der Waals surface area contributed by atoms with Crippen LogP contribution < -0.4 is 16.4 Å². The lowest BCUT2D eigenvalue weighted by Crippen LogP contribution is -2.40. The highest BCUT2D eigenvalue weighted by atomic mass is 16.2. The summed E-state index contributed by atoms with van der Waals surface area (Å²) in [7, 11) is 0. The molecule has 0 aromatic rings. The average molecular weight is 281 g/mol. The van der Waals surface area contributed by atoms with Crippen LogP contribution in [0.5, 0.6) is 0 Å². The van der Waals surface area contributed by atoms with Crippen LogP contribution in [0.3, 0.4) is 0 Å². The lowest BCUT2D eigenvalue weighted by atomic mass is 9.71. The molecule has 0 aromatic heterocycles. The topological polar surface area (TPSA) is 84.2 Å². The van der Waals surface area contributed by atoms with E-state index in [0.29, 0.717) is 26.1 Å². The molecule has 0 unspecified atom stereocenters. The standard InChI is InChI=1S/C15H27N3O2/c16-11-15(6-2-1-3-7-15)10-13(19)17-8-9-18-14(20)12-4-5-12/h12H,1-11,16H2,(H,17,19)(H,18,20). The van der Waals surface area contributed by atoms with E-state index in [2.05, 4.69) is 10.6 Å². The molecule has 0 atom stereocenters. The van der Waals surface area contributed by atoms with Crippen LogP contribution in [0.25, 0.3) is 0 Å². The molecule has 2 saturated carbocycles. The highest BCUT2D eigenvalue weighted by Gasteiger charge is 2.33. The van der Waals surface area contributed by atoms with Crippen LogP contribution in [0.1, 0.15) is 51.4 Å². The Morgan fingerprint density at radius 3 is 2.30 bits per heavy atom. The van der Waals surface area contributed by atoms with Crippen LogP contribution in [-0.2, 0) is 9.59 Å². The normalized spacial score (nSPS) is 21.2. The van der Waals surface area contributed by atoms with E-state index in [9.17, 15) is 9.59 Å². The quantitative estimate of drug-likeness (QED) is 0.607. The molecule has 0 heterocycles. The molecule has 2 rings (SSSR count). The molecule has 0 bridgehead atoms. The maximum Gasteiger partial charge on any atom is 0.223 e. The Morgan fingerprint density at radius 1 is 1.05 bits per heavy atom. The Hall–Kier alpha value is -1.10. The van der Waals surface area contributed by atoms with Gasteiger partial charge in [-0.15, -0.1) is 0 Å². The third-order valence-corrected chi connectivity index (χ3v) is 4.58. The molecule has 114 valence electrons. The van der Waals surface area contributed by atoms with Crippen molar-refractivity contribution < 1.29 is 9.59 Å². The van der Waals surface area contributed by atoms with Gasteiger partial charge in [-0.2, -0.15) is 0 Å². The van der Waals surface area contributed by atoms with Gasteiger partial charge >= 0.3 is 0 Å². The van der Waals surface area contributed by atoms with Crippen molar-refractivity contribution in [3.05, 3.63) is 0 Å². The van der Waals surface area contributed by atoms with Gasteiger partial charge in [0.25, 0.3) is 0 Å². The summed E-state index contributed by atoms with van der Waals surface area (Å²) < 4.78 is 0. The summed E-state index contributed by atoms with van der Waals surface area (Å²) in [5.74, 6) is 0.427. The van der Waals surface area contributed by atoms with Crippen molar-refractivity contribution in [1.82, 2.24) is 10.6 Å². The summed E-state index contributed by atoms with van der Waals surface area (Å²) in [6.07, 6.45) is 8.31. The maximum atomic E-state index is 12.0. The Morgan fingerprint density at radius 2 is 1.70 bits per heavy atom. The van der Waals surface area contributed by atoms with E-state index in [4.69, 9.17) is 5.73 Å². The fourth-order valence-electron chi connectivity index (χ4n) is 3.04. The van der Waals surface area contributed by atoms with Crippen molar-refractivity contribution in [3.8, 4) is 0 Å². The predicted molar refractivity (Wildman–Crippen MR) is 77.9 cm³/mol. The molecule has 0 spiro atoms. The molecule has 2 aliphatic carbocycles. The van der Waals surface area contributed by atoms with E-state index < -0.39 is 0 Å². The summed E-state index contributed by atoms with van der Waals surface area (Å²) in [4.78, 5) is 23.4. The van der Waals surface area contributed by atoms with Gasteiger partial charge < -0.3 is 16.4 Å². The number of nitrogens with one attached hydrogen (secondary N) is 2. The lowest BCUT2D eigenvalue weighted by Gasteiger charge is -2.35. The van der Waals surface area contributed by atoms with Crippen LogP contribution in [-0.4, -0.2) is 31.4 Å². The van der Waals surface area contributed by atoms with Crippen LogP contribution >= 0.6 is 0 Å². The van der Waals surface area contributed by atoms with Crippen LogP contribution in [0.2, 0.25) is 0 Å². The minimum atomic E-state index is 0.0135. The van der Waals surface area contributed by atoms with Crippen molar-refractivity contribution in [2.45, 2.75) is 51.4 Å². The van der Waals surface area contributed by atoms with Gasteiger partial charge in [0.05, 0.1) is 0 Å². The summed E-state index contributed by atoms with van der Waals surface area (Å²) in [5.41, 5.74) is 5.90. The van der Waals surface area contributed by atoms with E-state index in [0.717, 1.165) is 25.7 Å². The highest BCUT2D eigenvalue weighted by Crippen LogP contribution is 2.38. The van der Waals surface area contributed by atoms with Crippen molar-refractivity contribution in [2.24, 2.45) is 17.1 Å². The summed E-state index contributed by atoms with van der Waals surface area (Å²) in [5, 5.41) is 5.74. The average Bonchev–Trinajstić information content (AvgIpc) is 3.29. The lowest BCUT2D eigenvalue weighted by molar-refractivity contribution is -0.125. The Labute approximate surface area is 121 Å². The molecular formula is C15H27N3O2. The van der Waals surface area contributed by atoms with Crippen molar-refractivity contribution in [1.29, 1.82) is 0 Å². The summed E-state index contributed by atoms with van der Waals surface area (Å²) in [6.45, 7) is 1.63. The van der Waals surface area contributed by atoms with Gasteiger partial charge in [-0.25, -0.2) is 0 Å². The molecule has 0 radical (unpaired) electrons. The van der Waals surface area contributed by atoms with Gasteiger partial charge in [-0.3, -0.25) is 9.59 Å². The van der Waals surface area contributed by atoms with E-state index >= 15 is 0 Å². The van der Waals surface area contributed by atoms with Gasteiger partial charge in [-0.05, 0) is 37.6 Å². The zero-order valence-corrected chi connectivity index (χ0v) is 12.2. The Bertz CT molecular complexity index is 347. The molecule has 20 heavy (non-hydrogen) atoms. The molecule has 0 saturated heterocycles. The first-order valence-corrected chi connectivity index (χ1v) is 7.90. The molecule has 0 aromatic carbocycles. The number of hydrogen-bond donors (Lipinski definition) is 3. The first-order chi connectivity index (χ1) is 9.65. The molecule has 5 heteroatoms. The van der Waals surface area contributed by atoms with Crippen LogP contribution in [0, 0.1) is 11.3 Å². The predicted octanol–water partition coefficient (Wildman–Crippen LogP) is 0.928. The Kier molecular flexibility index (Phi) is 5.40. The molecular weight excluding hydrogens is 254 g/mol. The van der Waals surface area contributed by atoms with E-state index in [1.165, 1.54) is 19.3 Å². The van der Waals surface area contributed by atoms with Crippen molar-refractivity contribution >= 4 is 11.8 Å². The third-order valence-electron chi connectivity index (χ3n) is 4.58. The summed E-state index contributed by atoms with van der Waals surface area (Å²) >= 11 is 0. The molecule has 5 nitrogen and oxygen atoms in total. The minimum Gasteiger partial charge on any atom is -0.354 e. The van der Waals surface area contributed by atoms with Gasteiger partial charge in [0.1, 0.15) is 0 Å². The monoisotopic (exact) mass is 281 g/mol. The second-order valence-electron chi connectivity index (χ2n) is 6.36. The van der Waals surface area contributed by atoms with Gasteiger partial charge in [-0.1, -0.05) is 19.3 Å². The zero-order chi connectivity index (χ0) is 14.4. The van der Waals surface area contributed by atoms with Crippen LogP contribution in [0.15, 0.2) is 0 Å². The first kappa shape index (κ1) is 15.3. The molecule has 0 aliphatic heterocycles. The van der Waals surface area contributed by atoms with Gasteiger partial charge in [0.15, 0.2) is 0 Å². The molecule has 2 aliphatic rings. The van der Waals surface area contributed by atoms with Gasteiger partial charge in [0.2, 0.25) is 11.8 Å². The fourth-order valence-corrected chi connectivity index (χ4v) is 3.04. The van der Waals surface area contributed by atoms with E-state index in [1.807, 2.05) is 0 Å². The maximum absolute atomic E-state index is 12.0. The number of carbonyl (C=O) groups is 2.